The highest BCUT2D eigenvalue weighted by atomic mass is 16.7. The molecule has 1 aromatic carbocycles. The van der Waals surface area contributed by atoms with Crippen LogP contribution in [0.25, 0.3) is 22.2 Å². The first-order chi connectivity index (χ1) is 29.8. The van der Waals surface area contributed by atoms with Crippen molar-refractivity contribution in [2.45, 2.75) is 115 Å². The van der Waals surface area contributed by atoms with E-state index in [0.717, 1.165) is 66.4 Å². The van der Waals surface area contributed by atoms with Gasteiger partial charge in [-0.05, 0) is 115 Å². The molecule has 0 aliphatic carbocycles. The van der Waals surface area contributed by atoms with Gasteiger partial charge < -0.3 is 40.1 Å². The Morgan fingerprint density at radius 1 is 1.08 bits per heavy atom. The van der Waals surface area contributed by atoms with E-state index < -0.39 is 29.2 Å². The van der Waals surface area contributed by atoms with Gasteiger partial charge in [0, 0.05) is 41.9 Å². The predicted octanol–water partition coefficient (Wildman–Crippen LogP) is 5.66. The third-order valence-corrected chi connectivity index (χ3v) is 13.2. The van der Waals surface area contributed by atoms with E-state index in [4.69, 9.17) is 34.3 Å². The SMILES string of the molecule is CCCCCNc1cc(-c2cc(CC[C@@H]3O[C@@]34CC[C@@H](CNC)C[C@H]3c5c(cc6oc(C)cc(=O)c6c5O)OC(C)(C)[C@@H]3OC4=O)cc(N)n2)cc(C[NH+]2C=C3C=CN=C3C2)n1. The number of epoxide rings is 1. The Hall–Kier alpha value is -5.57. The number of pyridine rings is 2. The lowest BCUT2D eigenvalue weighted by Crippen LogP contribution is -3.05. The molecule has 8 heterocycles. The molecule has 6 atom stereocenters. The van der Waals surface area contributed by atoms with E-state index in [1.807, 2.05) is 33.2 Å². The van der Waals surface area contributed by atoms with Crippen molar-refractivity contribution >= 4 is 34.3 Å². The Bertz CT molecular complexity index is 2560. The van der Waals surface area contributed by atoms with E-state index in [1.165, 1.54) is 16.5 Å². The maximum Gasteiger partial charge on any atom is 0.341 e. The molecule has 0 bridgehead atoms. The minimum absolute atomic E-state index is 0.0927. The molecule has 5 aliphatic heterocycles. The van der Waals surface area contributed by atoms with Gasteiger partial charge in [-0.25, -0.2) is 14.8 Å². The highest BCUT2D eigenvalue weighted by Crippen LogP contribution is 2.54. The van der Waals surface area contributed by atoms with Gasteiger partial charge in [-0.1, -0.05) is 19.8 Å². The number of aromatic nitrogens is 2. The van der Waals surface area contributed by atoms with Gasteiger partial charge in [0.15, 0.2) is 11.0 Å². The van der Waals surface area contributed by atoms with Crippen LogP contribution in [-0.4, -0.2) is 76.8 Å². The normalized spacial score (nSPS) is 25.8. The molecule has 0 amide bonds. The monoisotopic (exact) mass is 844 g/mol. The minimum Gasteiger partial charge on any atom is -0.507 e. The van der Waals surface area contributed by atoms with Crippen LogP contribution < -0.4 is 31.4 Å². The molecule has 2 fully saturated rings. The van der Waals surface area contributed by atoms with Gasteiger partial charge >= 0.3 is 5.97 Å². The maximum absolute atomic E-state index is 14.5. The summed E-state index contributed by atoms with van der Waals surface area (Å²) < 4.78 is 25.3. The van der Waals surface area contributed by atoms with Crippen molar-refractivity contribution in [3.05, 3.63) is 93.3 Å². The van der Waals surface area contributed by atoms with Crippen LogP contribution in [0.2, 0.25) is 0 Å². The number of hydrogen-bond donors (Lipinski definition) is 5. The first kappa shape index (κ1) is 41.8. The van der Waals surface area contributed by atoms with Crippen LogP contribution in [0.15, 0.2) is 74.7 Å². The van der Waals surface area contributed by atoms with Gasteiger partial charge in [0.2, 0.25) is 0 Å². The van der Waals surface area contributed by atoms with Gasteiger partial charge in [0.05, 0.1) is 23.1 Å². The standard InChI is InChI=1S/C48H57N7O7/c1-6-7-8-14-52-41-21-31(20-32(53-41)25-55-24-30-12-15-51-35(30)26-55)34-18-28(19-40(49)54-34)9-10-39-48(62-39)13-11-29(23-50-5)17-33-42-38(61-47(3,4)45(33)60-46(48)58)22-37-43(44(42)57)36(56)16-27(2)59-37/h12,15-16,18-22,24,29,33,39,45,50,57H,6-11,13-14,17,23,25-26H2,1-5H3,(H2,49,54)(H,52,53)/p+1/t29-,33+,39+,45-,48+/m1/s1. The molecule has 14 nitrogen and oxygen atoms in total. The van der Waals surface area contributed by atoms with Crippen LogP contribution in [0.5, 0.6) is 11.5 Å². The van der Waals surface area contributed by atoms with Crippen LogP contribution >= 0.6 is 0 Å². The van der Waals surface area contributed by atoms with Gasteiger partial charge in [-0.2, -0.15) is 0 Å². The minimum atomic E-state index is -1.12. The summed E-state index contributed by atoms with van der Waals surface area (Å²) in [5.74, 6) is 1.11. The second kappa shape index (κ2) is 16.6. The van der Waals surface area contributed by atoms with Crippen molar-refractivity contribution in [2.24, 2.45) is 10.9 Å². The lowest BCUT2D eigenvalue weighted by atomic mass is 9.75. The summed E-state index contributed by atoms with van der Waals surface area (Å²) in [5.41, 5.74) is 10.7. The summed E-state index contributed by atoms with van der Waals surface area (Å²) in [7, 11) is 1.91. The molecule has 62 heavy (non-hydrogen) atoms. The molecule has 9 rings (SSSR count). The van der Waals surface area contributed by atoms with Crippen molar-refractivity contribution in [1.29, 1.82) is 0 Å². The highest BCUT2D eigenvalue weighted by molar-refractivity contribution is 6.06. The Morgan fingerprint density at radius 2 is 1.94 bits per heavy atom. The average Bonchev–Trinajstić information content (AvgIpc) is 3.52. The molecule has 14 heteroatoms. The maximum atomic E-state index is 14.5. The largest absolute Gasteiger partial charge is 0.507 e. The number of nitrogens with one attached hydrogen (secondary N) is 3. The molecular formula is C48H58N7O7+. The fraction of sp³-hybridized carbons (Fsp3) is 0.479. The number of aromatic hydroxyl groups is 1. The number of benzene rings is 1. The van der Waals surface area contributed by atoms with Crippen molar-refractivity contribution in [3.63, 3.8) is 0 Å². The summed E-state index contributed by atoms with van der Waals surface area (Å²) in [6.07, 6.45) is 11.3. The smallest absolute Gasteiger partial charge is 0.341 e. The molecule has 2 saturated heterocycles. The third-order valence-electron chi connectivity index (χ3n) is 13.2. The summed E-state index contributed by atoms with van der Waals surface area (Å²) in [4.78, 5) is 43.2. The third kappa shape index (κ3) is 8.11. The van der Waals surface area contributed by atoms with E-state index in [9.17, 15) is 14.7 Å². The van der Waals surface area contributed by atoms with Crippen LogP contribution in [0.3, 0.4) is 0 Å². The van der Waals surface area contributed by atoms with Crippen LogP contribution in [-0.2, 0) is 27.2 Å². The Labute approximate surface area is 361 Å². The fourth-order valence-electron chi connectivity index (χ4n) is 10.1. The predicted molar refractivity (Wildman–Crippen MR) is 237 cm³/mol. The number of quaternary nitrogens is 1. The van der Waals surface area contributed by atoms with E-state index in [2.05, 4.69) is 53.0 Å². The first-order valence-corrected chi connectivity index (χ1v) is 22.2. The molecular weight excluding hydrogens is 787 g/mol. The Kier molecular flexibility index (Phi) is 11.2. The number of nitrogen functional groups attached to an aromatic ring is 1. The summed E-state index contributed by atoms with van der Waals surface area (Å²) in [6, 6.07) is 11.2. The van der Waals surface area contributed by atoms with E-state index in [0.29, 0.717) is 68.1 Å². The van der Waals surface area contributed by atoms with E-state index >= 15 is 0 Å². The average molecular weight is 845 g/mol. The second-order valence-electron chi connectivity index (χ2n) is 18.3. The number of unbranched alkanes of at least 4 members (excludes halogenated alkanes) is 2. The highest BCUT2D eigenvalue weighted by Gasteiger charge is 2.65. The number of phenols is 1. The number of fused-ring (bicyclic) bond motifs is 5. The molecule has 1 spiro atoms. The number of carbonyl (C=O) groups excluding carboxylic acids is 1. The number of aliphatic imine (C=N–C) groups is 1. The zero-order valence-electron chi connectivity index (χ0n) is 36.3. The van der Waals surface area contributed by atoms with Crippen LogP contribution in [0, 0.1) is 12.8 Å². The molecule has 0 radical (unpaired) electrons. The zero-order chi connectivity index (χ0) is 43.3. The molecule has 4 aromatic rings. The number of nitrogens with two attached hydrogens (primary N) is 1. The fourth-order valence-corrected chi connectivity index (χ4v) is 10.1. The van der Waals surface area contributed by atoms with Crippen molar-refractivity contribution in [1.82, 2.24) is 15.3 Å². The van der Waals surface area contributed by atoms with E-state index in [1.54, 1.807) is 13.0 Å². The number of hydrogen-bond acceptors (Lipinski definition) is 13. The van der Waals surface area contributed by atoms with Gasteiger partial charge in [0.1, 0.15) is 76.6 Å². The van der Waals surface area contributed by atoms with Crippen LogP contribution in [0.4, 0.5) is 11.6 Å². The number of allylic oxidation sites excluding steroid dienone is 1. The lowest BCUT2D eigenvalue weighted by molar-refractivity contribution is -0.848. The van der Waals surface area contributed by atoms with Gasteiger partial charge in [0.25, 0.3) is 0 Å². The number of aryl methyl sites for hydroxylation is 2. The number of ether oxygens (including phenoxy) is 3. The molecule has 6 N–H and O–H groups in total. The number of anilines is 2. The Morgan fingerprint density at radius 3 is 2.74 bits per heavy atom. The molecule has 3 aromatic heterocycles. The first-order valence-electron chi connectivity index (χ1n) is 22.2. The quantitative estimate of drug-likeness (QED) is 0.0632. The lowest BCUT2D eigenvalue weighted by Gasteiger charge is -2.45. The number of nitrogens with zero attached hydrogens (tertiary/aromatic N) is 3. The van der Waals surface area contributed by atoms with Gasteiger partial charge in [-0.3, -0.25) is 14.7 Å². The summed E-state index contributed by atoms with van der Waals surface area (Å²) >= 11 is 0. The number of esters is 1. The number of carbonyl (C=O) groups is 1. The molecule has 5 aliphatic rings. The number of phenolic OH excluding ortho intramolecular Hbond substituents is 1. The Balaban J connectivity index is 0.954. The summed E-state index contributed by atoms with van der Waals surface area (Å²) in [5, 5.41) is 18.7. The van der Waals surface area contributed by atoms with Crippen LogP contribution in [0.1, 0.15) is 94.2 Å². The zero-order valence-corrected chi connectivity index (χ0v) is 36.3. The number of rotatable bonds is 13. The molecule has 326 valence electrons. The van der Waals surface area contributed by atoms with Gasteiger partial charge in [-0.15, -0.1) is 0 Å². The topological polar surface area (TPSA) is 191 Å². The molecule has 0 saturated carbocycles. The van der Waals surface area contributed by atoms with Crippen molar-refractivity contribution in [3.8, 4) is 22.8 Å². The summed E-state index contributed by atoms with van der Waals surface area (Å²) in [6.45, 7) is 10.7. The van der Waals surface area contributed by atoms with Crippen molar-refractivity contribution in [2.75, 3.05) is 37.7 Å². The second-order valence-corrected chi connectivity index (χ2v) is 18.3. The van der Waals surface area contributed by atoms with Crippen molar-refractivity contribution < 1.29 is 33.4 Å². The van der Waals surface area contributed by atoms with E-state index in [-0.39, 0.29) is 34.2 Å². The molecule has 1 unspecified atom stereocenters.